The van der Waals surface area contributed by atoms with E-state index in [0.717, 1.165) is 49.1 Å². The first-order chi connectivity index (χ1) is 20.1. The summed E-state index contributed by atoms with van der Waals surface area (Å²) in [5, 5.41) is 15.8. The van der Waals surface area contributed by atoms with Gasteiger partial charge in [-0.2, -0.15) is 0 Å². The van der Waals surface area contributed by atoms with Gasteiger partial charge in [0.25, 0.3) is 11.5 Å². The highest BCUT2D eigenvalue weighted by Crippen LogP contribution is 2.26. The van der Waals surface area contributed by atoms with Gasteiger partial charge in [-0.1, -0.05) is 44.8 Å². The molecular weight excluding hydrogens is 549 g/mol. The number of hydrogen-bond acceptors (Lipinski definition) is 8. The number of pyridine rings is 1. The zero-order valence-corrected chi connectivity index (χ0v) is 25.9. The Hall–Kier alpha value is -3.85. The number of amides is 1. The van der Waals surface area contributed by atoms with Crippen molar-refractivity contribution in [1.29, 1.82) is 0 Å². The number of nitrogen functional groups attached to an aromatic ring is 1. The molecule has 1 aliphatic rings. The topological polar surface area (TPSA) is 149 Å². The van der Waals surface area contributed by atoms with Crippen LogP contribution in [0.2, 0.25) is 0 Å². The SMILES string of the molecule is C=C(C)CN1C(C)CC(=C)C1O.C=P.CCCCCNC(=O)c1ccc(NCc2cnc3cc(N)[nH]c(=O)c3n2)cc1. The van der Waals surface area contributed by atoms with Crippen molar-refractivity contribution in [1.82, 2.24) is 25.2 Å². The number of nitrogens with zero attached hydrogens (tertiary/aromatic N) is 3. The van der Waals surface area contributed by atoms with Gasteiger partial charge in [0.05, 0.1) is 24.0 Å². The van der Waals surface area contributed by atoms with E-state index in [9.17, 15) is 14.7 Å². The van der Waals surface area contributed by atoms with Crippen molar-refractivity contribution in [2.45, 2.75) is 65.3 Å². The molecule has 4 rings (SSSR count). The van der Waals surface area contributed by atoms with E-state index in [1.807, 2.05) is 24.0 Å². The average molecular weight is 594 g/mol. The molecule has 0 bridgehead atoms. The number of fused-ring (bicyclic) bond motifs is 1. The molecule has 3 aromatic rings. The summed E-state index contributed by atoms with van der Waals surface area (Å²) in [4.78, 5) is 37.1. The van der Waals surface area contributed by atoms with Crippen LogP contribution in [0.1, 0.15) is 62.5 Å². The van der Waals surface area contributed by atoms with Crippen molar-refractivity contribution >= 4 is 43.6 Å². The van der Waals surface area contributed by atoms with E-state index >= 15 is 0 Å². The van der Waals surface area contributed by atoms with Gasteiger partial charge in [0.15, 0.2) is 5.52 Å². The maximum Gasteiger partial charge on any atom is 0.277 e. The molecule has 0 aliphatic carbocycles. The summed E-state index contributed by atoms with van der Waals surface area (Å²) >= 11 is 0. The van der Waals surface area contributed by atoms with Gasteiger partial charge in [0.2, 0.25) is 0 Å². The standard InChI is InChI=1S/C20H24N6O2.C10H17NO.CH3P/c1-2-3-4-9-22-19(27)13-5-7-14(8-6-13)23-11-15-12-24-16-10-17(21)26-20(28)18(16)25-15;1-7(2)6-11-9(4)5-8(3)10(11)12;1-2/h5-8,10,12,23H,2-4,9,11H2,1H3,(H,22,27)(H3,21,26,28);9-10,12H,1,3,5-6H2,2,4H3;2H,1H2. The number of aliphatic hydroxyl groups excluding tert-OH is 1. The van der Waals surface area contributed by atoms with Crippen LogP contribution in [-0.2, 0) is 6.54 Å². The van der Waals surface area contributed by atoms with Gasteiger partial charge in [0.1, 0.15) is 12.0 Å². The highest BCUT2D eigenvalue weighted by atomic mass is 31.0. The fraction of sp³-hybridized carbons (Fsp3) is 0.387. The number of likely N-dealkylation sites (tertiary alicyclic amines) is 1. The first-order valence-corrected chi connectivity index (χ1v) is 14.7. The Labute approximate surface area is 250 Å². The molecule has 2 atom stereocenters. The van der Waals surface area contributed by atoms with Gasteiger partial charge in [-0.05, 0) is 56.5 Å². The molecule has 1 fully saturated rings. The molecule has 10 nitrogen and oxygen atoms in total. The Morgan fingerprint density at radius 3 is 2.55 bits per heavy atom. The fourth-order valence-corrected chi connectivity index (χ4v) is 4.41. The average Bonchev–Trinajstić information content (AvgIpc) is 3.21. The van der Waals surface area contributed by atoms with Crippen LogP contribution >= 0.6 is 8.86 Å². The third-order valence-electron chi connectivity index (χ3n) is 6.56. The number of anilines is 2. The van der Waals surface area contributed by atoms with Gasteiger partial charge in [-0.15, -0.1) is 8.86 Å². The second-order valence-electron chi connectivity index (χ2n) is 10.3. The van der Waals surface area contributed by atoms with E-state index < -0.39 is 6.23 Å². The number of benzene rings is 1. The second kappa shape index (κ2) is 17.2. The van der Waals surface area contributed by atoms with Crippen molar-refractivity contribution in [3.63, 3.8) is 0 Å². The van der Waals surface area contributed by atoms with Gasteiger partial charge < -0.3 is 26.5 Å². The lowest BCUT2D eigenvalue weighted by molar-refractivity contribution is 0.0481. The summed E-state index contributed by atoms with van der Waals surface area (Å²) in [6, 6.07) is 9.19. The summed E-state index contributed by atoms with van der Waals surface area (Å²) in [5.74, 6) is 0.189. The second-order valence-corrected chi connectivity index (χ2v) is 10.3. The predicted octanol–water partition coefficient (Wildman–Crippen LogP) is 4.52. The molecular formula is C31H44N7O3P. The normalized spacial score (nSPS) is 16.1. The lowest BCUT2D eigenvalue weighted by Gasteiger charge is -2.24. The minimum Gasteiger partial charge on any atom is -0.385 e. The molecule has 2 unspecified atom stereocenters. The Morgan fingerprint density at radius 2 is 1.95 bits per heavy atom. The van der Waals surface area contributed by atoms with Crippen molar-refractivity contribution in [2.24, 2.45) is 0 Å². The lowest BCUT2D eigenvalue weighted by atomic mass is 10.2. The molecule has 6 N–H and O–H groups in total. The quantitative estimate of drug-likeness (QED) is 0.131. The molecule has 2 aromatic heterocycles. The molecule has 1 saturated heterocycles. The maximum absolute atomic E-state index is 12.1. The van der Waals surface area contributed by atoms with E-state index in [1.165, 1.54) is 0 Å². The molecule has 0 radical (unpaired) electrons. The minimum absolute atomic E-state index is 0.0680. The predicted molar refractivity (Wildman–Crippen MR) is 176 cm³/mol. The minimum atomic E-state index is -0.461. The van der Waals surface area contributed by atoms with Crippen LogP contribution in [0, 0.1) is 0 Å². The molecule has 42 heavy (non-hydrogen) atoms. The largest absolute Gasteiger partial charge is 0.385 e. The summed E-state index contributed by atoms with van der Waals surface area (Å²) in [6.45, 7) is 15.7. The lowest BCUT2D eigenvalue weighted by Crippen LogP contribution is -2.35. The first kappa shape index (κ1) is 34.4. The first-order valence-electron chi connectivity index (χ1n) is 14.0. The maximum atomic E-state index is 12.1. The molecule has 0 saturated carbocycles. The van der Waals surface area contributed by atoms with Crippen LogP contribution in [0.5, 0.6) is 0 Å². The highest BCUT2D eigenvalue weighted by Gasteiger charge is 2.31. The van der Waals surface area contributed by atoms with Crippen LogP contribution < -0.4 is 21.9 Å². The van der Waals surface area contributed by atoms with Crippen molar-refractivity contribution < 1.29 is 9.90 Å². The van der Waals surface area contributed by atoms with Gasteiger partial charge in [-0.3, -0.25) is 19.5 Å². The molecule has 226 valence electrons. The van der Waals surface area contributed by atoms with Crippen molar-refractivity contribution in [3.8, 4) is 0 Å². The monoisotopic (exact) mass is 593 g/mol. The molecule has 1 aromatic carbocycles. The van der Waals surface area contributed by atoms with Crippen molar-refractivity contribution in [3.05, 3.63) is 82.4 Å². The number of aliphatic hydroxyl groups is 1. The Balaban J connectivity index is 0.000000368. The van der Waals surface area contributed by atoms with E-state index in [-0.39, 0.29) is 22.8 Å². The summed E-state index contributed by atoms with van der Waals surface area (Å²) < 4.78 is 0. The third-order valence-corrected chi connectivity index (χ3v) is 6.56. The number of carbonyl (C=O) groups excluding carboxylic acids is 1. The molecule has 1 aliphatic heterocycles. The highest BCUT2D eigenvalue weighted by molar-refractivity contribution is 7.15. The number of aromatic nitrogens is 3. The molecule has 0 spiro atoms. The number of nitrogens with two attached hydrogens (primary N) is 1. The zero-order chi connectivity index (χ0) is 31.2. The smallest absolute Gasteiger partial charge is 0.277 e. The number of carbonyl (C=O) groups is 1. The van der Waals surface area contributed by atoms with E-state index in [1.54, 1.807) is 24.4 Å². The summed E-state index contributed by atoms with van der Waals surface area (Å²) in [5.41, 5.74) is 10.0. The number of unbranched alkanes of at least 4 members (excludes halogenated alkanes) is 2. The Bertz CT molecular complexity index is 1410. The number of H-pyrrole nitrogens is 1. The van der Waals surface area contributed by atoms with Crippen LogP contribution in [0.15, 0.2) is 65.6 Å². The van der Waals surface area contributed by atoms with E-state index in [0.29, 0.717) is 35.9 Å². The molecule has 1 amide bonds. The zero-order valence-electron chi connectivity index (χ0n) is 24.9. The number of rotatable bonds is 10. The van der Waals surface area contributed by atoms with Gasteiger partial charge in [-0.25, -0.2) is 4.98 Å². The number of aromatic amines is 1. The van der Waals surface area contributed by atoms with Crippen LogP contribution in [0.25, 0.3) is 11.0 Å². The Morgan fingerprint density at radius 1 is 1.26 bits per heavy atom. The third kappa shape index (κ3) is 10.2. The van der Waals surface area contributed by atoms with E-state index in [2.05, 4.69) is 67.8 Å². The Kier molecular flexibility index (Phi) is 14.1. The number of hydrogen-bond donors (Lipinski definition) is 5. The van der Waals surface area contributed by atoms with E-state index in [4.69, 9.17) is 5.73 Å². The summed E-state index contributed by atoms with van der Waals surface area (Å²) in [6.07, 6.45) is 8.32. The van der Waals surface area contributed by atoms with Gasteiger partial charge >= 0.3 is 0 Å². The fourth-order valence-electron chi connectivity index (χ4n) is 4.41. The van der Waals surface area contributed by atoms with Gasteiger partial charge in [0, 0.05) is 36.4 Å². The molecule has 11 heteroatoms. The summed E-state index contributed by atoms with van der Waals surface area (Å²) in [7, 11) is 2.72. The van der Waals surface area contributed by atoms with Crippen LogP contribution in [0.4, 0.5) is 11.5 Å². The van der Waals surface area contributed by atoms with Crippen LogP contribution in [0.3, 0.4) is 0 Å². The van der Waals surface area contributed by atoms with Crippen molar-refractivity contribution in [2.75, 3.05) is 24.1 Å². The van der Waals surface area contributed by atoms with Crippen LogP contribution in [-0.4, -0.2) is 62.5 Å². The molecule has 3 heterocycles. The number of nitrogens with one attached hydrogen (secondary N) is 3.